The standard InChI is InChI=1S/C17H29N3O4/c1-6-12(13(21)24-16(2,3)4)20-9-7-11(8-10-20)17(5)14(22)18-15(23)19-17/h11-12H,6-10H2,1-5H3,(H2,18,19,22,23)/t12-,17-/m1/s1. The first-order valence-corrected chi connectivity index (χ1v) is 8.67. The number of carbonyl (C=O) groups excluding carboxylic acids is 3. The largest absolute Gasteiger partial charge is 0.459 e. The van der Waals surface area contributed by atoms with Crippen LogP contribution >= 0.6 is 0 Å². The molecule has 0 aliphatic carbocycles. The van der Waals surface area contributed by atoms with Crippen molar-refractivity contribution in [1.29, 1.82) is 0 Å². The minimum absolute atomic E-state index is 0.0661. The van der Waals surface area contributed by atoms with E-state index in [1.165, 1.54) is 0 Å². The van der Waals surface area contributed by atoms with Crippen LogP contribution in [0, 0.1) is 5.92 Å². The maximum atomic E-state index is 12.4. The molecule has 2 saturated heterocycles. The van der Waals surface area contributed by atoms with Gasteiger partial charge in [0.05, 0.1) is 0 Å². The molecule has 0 aromatic heterocycles. The first-order chi connectivity index (χ1) is 11.1. The van der Waals surface area contributed by atoms with E-state index < -0.39 is 17.2 Å². The van der Waals surface area contributed by atoms with Gasteiger partial charge in [0, 0.05) is 0 Å². The molecule has 7 heteroatoms. The molecule has 2 aliphatic rings. The van der Waals surface area contributed by atoms with Gasteiger partial charge in [-0.2, -0.15) is 0 Å². The van der Waals surface area contributed by atoms with Crippen LogP contribution in [-0.2, 0) is 14.3 Å². The summed E-state index contributed by atoms with van der Waals surface area (Å²) in [6.07, 6.45) is 2.20. The molecule has 0 radical (unpaired) electrons. The predicted molar refractivity (Wildman–Crippen MR) is 89.3 cm³/mol. The Morgan fingerprint density at radius 1 is 1.33 bits per heavy atom. The number of esters is 1. The van der Waals surface area contributed by atoms with E-state index in [1.54, 1.807) is 6.92 Å². The molecule has 0 bridgehead atoms. The van der Waals surface area contributed by atoms with Crippen LogP contribution in [0.25, 0.3) is 0 Å². The molecule has 0 aromatic carbocycles. The van der Waals surface area contributed by atoms with Crippen LogP contribution in [0.2, 0.25) is 0 Å². The number of hydrogen-bond acceptors (Lipinski definition) is 5. The second-order valence-corrected chi connectivity index (χ2v) is 7.88. The van der Waals surface area contributed by atoms with Gasteiger partial charge in [0.1, 0.15) is 17.2 Å². The summed E-state index contributed by atoms with van der Waals surface area (Å²) in [5.74, 6) is -0.386. The van der Waals surface area contributed by atoms with Crippen molar-refractivity contribution < 1.29 is 19.1 Å². The third-order valence-corrected chi connectivity index (χ3v) is 4.92. The minimum Gasteiger partial charge on any atom is -0.459 e. The second-order valence-electron chi connectivity index (χ2n) is 7.88. The zero-order valence-corrected chi connectivity index (χ0v) is 15.3. The fraction of sp³-hybridized carbons (Fsp3) is 0.824. The van der Waals surface area contributed by atoms with Gasteiger partial charge in [0.15, 0.2) is 0 Å². The molecular formula is C17H29N3O4. The lowest BCUT2D eigenvalue weighted by atomic mass is 9.78. The van der Waals surface area contributed by atoms with Crippen LogP contribution in [0.3, 0.4) is 0 Å². The Morgan fingerprint density at radius 2 is 1.92 bits per heavy atom. The van der Waals surface area contributed by atoms with Crippen LogP contribution in [0.4, 0.5) is 4.79 Å². The summed E-state index contributed by atoms with van der Waals surface area (Å²) in [6.45, 7) is 10.8. The van der Waals surface area contributed by atoms with E-state index >= 15 is 0 Å². The third kappa shape index (κ3) is 3.88. The number of hydrogen-bond donors (Lipinski definition) is 2. The molecule has 24 heavy (non-hydrogen) atoms. The highest BCUT2D eigenvalue weighted by Gasteiger charge is 2.49. The normalized spacial score (nSPS) is 27.5. The Bertz CT molecular complexity index is 520. The van der Waals surface area contributed by atoms with Crippen molar-refractivity contribution in [3.8, 4) is 0 Å². The van der Waals surface area contributed by atoms with Crippen LogP contribution in [0.15, 0.2) is 0 Å². The molecule has 136 valence electrons. The lowest BCUT2D eigenvalue weighted by molar-refractivity contribution is -0.162. The van der Waals surface area contributed by atoms with Crippen molar-refractivity contribution >= 4 is 17.9 Å². The lowest BCUT2D eigenvalue weighted by Gasteiger charge is -2.41. The second kappa shape index (κ2) is 6.70. The van der Waals surface area contributed by atoms with E-state index in [9.17, 15) is 14.4 Å². The van der Waals surface area contributed by atoms with E-state index in [1.807, 2.05) is 27.7 Å². The van der Waals surface area contributed by atoms with Crippen molar-refractivity contribution in [2.45, 2.75) is 71.1 Å². The number of likely N-dealkylation sites (tertiary alicyclic amines) is 1. The van der Waals surface area contributed by atoms with Gasteiger partial charge >= 0.3 is 12.0 Å². The Labute approximate surface area is 143 Å². The molecule has 0 aromatic rings. The Hall–Kier alpha value is -1.63. The summed E-state index contributed by atoms with van der Waals surface area (Å²) in [4.78, 5) is 38.0. The zero-order chi connectivity index (χ0) is 18.1. The minimum atomic E-state index is -0.850. The fourth-order valence-electron chi connectivity index (χ4n) is 3.58. The van der Waals surface area contributed by atoms with Crippen LogP contribution < -0.4 is 10.6 Å². The monoisotopic (exact) mass is 339 g/mol. The molecule has 2 aliphatic heterocycles. The van der Waals surface area contributed by atoms with Gasteiger partial charge in [-0.3, -0.25) is 19.8 Å². The summed E-state index contributed by atoms with van der Waals surface area (Å²) in [5.41, 5.74) is -1.35. The average molecular weight is 339 g/mol. The summed E-state index contributed by atoms with van der Waals surface area (Å²) in [7, 11) is 0. The molecule has 2 fully saturated rings. The highest BCUT2D eigenvalue weighted by atomic mass is 16.6. The van der Waals surface area contributed by atoms with Crippen molar-refractivity contribution in [3.63, 3.8) is 0 Å². The van der Waals surface area contributed by atoms with Gasteiger partial charge in [-0.05, 0) is 66.0 Å². The quantitative estimate of drug-likeness (QED) is 0.597. The number of carbonyl (C=O) groups is 3. The van der Waals surface area contributed by atoms with Gasteiger partial charge < -0.3 is 10.1 Å². The number of urea groups is 1. The number of amides is 3. The van der Waals surface area contributed by atoms with Crippen LogP contribution in [-0.4, -0.2) is 53.1 Å². The van der Waals surface area contributed by atoms with Crippen molar-refractivity contribution in [1.82, 2.24) is 15.5 Å². The zero-order valence-electron chi connectivity index (χ0n) is 15.3. The van der Waals surface area contributed by atoms with Gasteiger partial charge in [-0.25, -0.2) is 4.79 Å². The Balaban J connectivity index is 1.97. The van der Waals surface area contributed by atoms with E-state index in [2.05, 4.69) is 15.5 Å². The van der Waals surface area contributed by atoms with Gasteiger partial charge in [0.2, 0.25) is 0 Å². The summed E-state index contributed by atoms with van der Waals surface area (Å²) in [6, 6.07) is -0.685. The maximum absolute atomic E-state index is 12.4. The summed E-state index contributed by atoms with van der Waals surface area (Å²) >= 11 is 0. The summed E-state index contributed by atoms with van der Waals surface area (Å²) in [5, 5.41) is 5.07. The third-order valence-electron chi connectivity index (χ3n) is 4.92. The van der Waals surface area contributed by atoms with Crippen molar-refractivity contribution in [2.75, 3.05) is 13.1 Å². The number of nitrogens with zero attached hydrogens (tertiary/aromatic N) is 1. The molecule has 0 unspecified atom stereocenters. The SMILES string of the molecule is CC[C@H](C(=O)OC(C)(C)C)N1CCC([C@@]2(C)NC(=O)NC2=O)CC1. The van der Waals surface area contributed by atoms with Crippen LogP contribution in [0.5, 0.6) is 0 Å². The Kier molecular flexibility index (Phi) is 5.22. The molecule has 0 spiro atoms. The van der Waals surface area contributed by atoms with Crippen molar-refractivity contribution in [2.24, 2.45) is 5.92 Å². The highest BCUT2D eigenvalue weighted by molar-refractivity contribution is 6.06. The van der Waals surface area contributed by atoms with Gasteiger partial charge in [-0.1, -0.05) is 6.92 Å². The Morgan fingerprint density at radius 3 is 2.33 bits per heavy atom. The van der Waals surface area contributed by atoms with Crippen LogP contribution in [0.1, 0.15) is 53.9 Å². The molecule has 2 rings (SSSR count). The van der Waals surface area contributed by atoms with E-state index in [-0.39, 0.29) is 23.8 Å². The highest BCUT2D eigenvalue weighted by Crippen LogP contribution is 2.31. The topological polar surface area (TPSA) is 87.7 Å². The lowest BCUT2D eigenvalue weighted by Crippen LogP contribution is -2.55. The molecular weight excluding hydrogens is 310 g/mol. The molecule has 3 amide bonds. The number of nitrogens with one attached hydrogen (secondary N) is 2. The number of imide groups is 1. The molecule has 7 nitrogen and oxygen atoms in total. The maximum Gasteiger partial charge on any atom is 0.323 e. The number of ether oxygens (including phenoxy) is 1. The predicted octanol–water partition coefficient (Wildman–Crippen LogP) is 1.42. The van der Waals surface area contributed by atoms with E-state index in [0.29, 0.717) is 19.5 Å². The smallest absolute Gasteiger partial charge is 0.323 e. The average Bonchev–Trinajstić information content (AvgIpc) is 2.72. The fourth-order valence-corrected chi connectivity index (χ4v) is 3.58. The molecule has 0 saturated carbocycles. The molecule has 2 heterocycles. The first kappa shape index (κ1) is 18.7. The first-order valence-electron chi connectivity index (χ1n) is 8.67. The number of piperidine rings is 1. The van der Waals surface area contributed by atoms with E-state index in [4.69, 9.17) is 4.74 Å². The molecule has 2 atom stereocenters. The summed E-state index contributed by atoms with van der Waals surface area (Å²) < 4.78 is 5.52. The van der Waals surface area contributed by atoms with Crippen molar-refractivity contribution in [3.05, 3.63) is 0 Å². The van der Waals surface area contributed by atoms with Gasteiger partial charge in [0.25, 0.3) is 5.91 Å². The molecule has 2 N–H and O–H groups in total. The number of rotatable bonds is 4. The van der Waals surface area contributed by atoms with E-state index in [0.717, 1.165) is 12.8 Å². The van der Waals surface area contributed by atoms with Gasteiger partial charge in [-0.15, -0.1) is 0 Å².